The summed E-state index contributed by atoms with van der Waals surface area (Å²) in [6.45, 7) is 2.11. The molecule has 7 nitrogen and oxygen atoms in total. The van der Waals surface area contributed by atoms with Gasteiger partial charge in [-0.2, -0.15) is 5.10 Å². The van der Waals surface area contributed by atoms with E-state index in [4.69, 9.17) is 5.73 Å². The van der Waals surface area contributed by atoms with Crippen molar-refractivity contribution < 1.29 is 8.42 Å². The Morgan fingerprint density at radius 3 is 2.89 bits per heavy atom. The number of aryl methyl sites for hydroxylation is 1. The number of nitrogen functional groups attached to an aromatic ring is 1. The third kappa shape index (κ3) is 2.91. The van der Waals surface area contributed by atoms with E-state index >= 15 is 0 Å². The first-order chi connectivity index (χ1) is 9.04. The first kappa shape index (κ1) is 13.5. The molecule has 2 rings (SSSR count). The Labute approximate surface area is 111 Å². The van der Waals surface area contributed by atoms with Gasteiger partial charge in [-0.15, -0.1) is 0 Å². The van der Waals surface area contributed by atoms with Crippen LogP contribution in [-0.2, 0) is 23.0 Å². The van der Waals surface area contributed by atoms with Crippen molar-refractivity contribution in [3.8, 4) is 0 Å². The maximum Gasteiger partial charge on any atom is 0.246 e. The molecule has 0 atom stereocenters. The van der Waals surface area contributed by atoms with Crippen molar-refractivity contribution in [1.82, 2.24) is 19.9 Å². The number of H-pyrrole nitrogens is 1. The van der Waals surface area contributed by atoms with Crippen molar-refractivity contribution in [2.45, 2.75) is 24.8 Å². The Kier molecular flexibility index (Phi) is 3.82. The number of aromatic amines is 1. The molecular formula is C11H15N5O2S. The third-order valence-electron chi connectivity index (χ3n) is 2.72. The molecular weight excluding hydrogens is 266 g/mol. The summed E-state index contributed by atoms with van der Waals surface area (Å²) >= 11 is 0. The standard InChI is InChI=1S/C11H15N5O2S/c1-2-8-4-3-5-13-9(8)6-15-19(17,18)10-7-14-16-11(10)12/h3-5,7,15H,2,6H2,1H3,(H3,12,14,16). The number of nitrogens with one attached hydrogen (secondary N) is 2. The van der Waals surface area contributed by atoms with E-state index in [0.717, 1.165) is 12.0 Å². The second-order valence-electron chi connectivity index (χ2n) is 3.94. The Morgan fingerprint density at radius 1 is 1.47 bits per heavy atom. The number of hydrogen-bond acceptors (Lipinski definition) is 5. The lowest BCUT2D eigenvalue weighted by Gasteiger charge is -2.08. The highest BCUT2D eigenvalue weighted by atomic mass is 32.2. The summed E-state index contributed by atoms with van der Waals surface area (Å²) in [5.74, 6) is 0.0178. The summed E-state index contributed by atoms with van der Waals surface area (Å²) in [6.07, 6.45) is 3.60. The quantitative estimate of drug-likeness (QED) is 0.735. The van der Waals surface area contributed by atoms with E-state index in [-0.39, 0.29) is 17.3 Å². The number of nitrogens with zero attached hydrogens (tertiary/aromatic N) is 2. The molecule has 2 aromatic heterocycles. The Bertz CT molecular complexity index is 665. The minimum atomic E-state index is -3.68. The topological polar surface area (TPSA) is 114 Å². The number of rotatable bonds is 5. The lowest BCUT2D eigenvalue weighted by molar-refractivity contribution is 0.580. The molecule has 0 bridgehead atoms. The number of hydrogen-bond donors (Lipinski definition) is 3. The van der Waals surface area contributed by atoms with Gasteiger partial charge in [0.1, 0.15) is 10.7 Å². The van der Waals surface area contributed by atoms with Crippen LogP contribution in [0.4, 0.5) is 5.82 Å². The smallest absolute Gasteiger partial charge is 0.246 e. The monoisotopic (exact) mass is 281 g/mol. The molecule has 0 aliphatic carbocycles. The van der Waals surface area contributed by atoms with Crippen LogP contribution < -0.4 is 10.5 Å². The van der Waals surface area contributed by atoms with Crippen molar-refractivity contribution in [1.29, 1.82) is 0 Å². The van der Waals surface area contributed by atoms with Gasteiger partial charge in [0.25, 0.3) is 0 Å². The first-order valence-corrected chi connectivity index (χ1v) is 7.24. The molecule has 0 fully saturated rings. The summed E-state index contributed by atoms with van der Waals surface area (Å²) in [7, 11) is -3.68. The number of nitrogens with two attached hydrogens (primary N) is 1. The van der Waals surface area contributed by atoms with E-state index in [1.54, 1.807) is 6.20 Å². The molecule has 0 amide bonds. The number of anilines is 1. The molecule has 19 heavy (non-hydrogen) atoms. The van der Waals surface area contributed by atoms with Crippen LogP contribution in [0.5, 0.6) is 0 Å². The van der Waals surface area contributed by atoms with Gasteiger partial charge in [0.15, 0.2) is 0 Å². The lowest BCUT2D eigenvalue weighted by Crippen LogP contribution is -2.24. The molecule has 0 saturated heterocycles. The van der Waals surface area contributed by atoms with Crippen molar-refractivity contribution >= 4 is 15.8 Å². The van der Waals surface area contributed by atoms with Crippen molar-refractivity contribution in [3.05, 3.63) is 35.8 Å². The molecule has 8 heteroatoms. The SMILES string of the molecule is CCc1cccnc1CNS(=O)(=O)c1cn[nH]c1N. The predicted octanol–water partition coefficient (Wildman–Crippen LogP) is 0.428. The molecule has 0 aromatic carbocycles. The van der Waals surface area contributed by atoms with Gasteiger partial charge in [0.2, 0.25) is 10.0 Å². The van der Waals surface area contributed by atoms with Crippen molar-refractivity contribution in [3.63, 3.8) is 0 Å². The maximum absolute atomic E-state index is 12.0. The molecule has 0 aliphatic rings. The Balaban J connectivity index is 2.17. The molecule has 102 valence electrons. The van der Waals surface area contributed by atoms with Crippen LogP contribution in [0.1, 0.15) is 18.2 Å². The van der Waals surface area contributed by atoms with E-state index in [1.165, 1.54) is 6.20 Å². The van der Waals surface area contributed by atoms with Crippen molar-refractivity contribution in [2.24, 2.45) is 0 Å². The lowest BCUT2D eigenvalue weighted by atomic mass is 10.1. The number of pyridine rings is 1. The fourth-order valence-corrected chi connectivity index (χ4v) is 2.70. The van der Waals surface area contributed by atoms with Crippen LogP contribution in [0.25, 0.3) is 0 Å². The second-order valence-corrected chi connectivity index (χ2v) is 5.67. The van der Waals surface area contributed by atoms with Crippen LogP contribution in [0, 0.1) is 0 Å². The van der Waals surface area contributed by atoms with Gasteiger partial charge in [-0.05, 0) is 18.1 Å². The average molecular weight is 281 g/mol. The molecule has 2 aromatic rings. The highest BCUT2D eigenvalue weighted by Gasteiger charge is 2.19. The molecule has 0 unspecified atom stereocenters. The van der Waals surface area contributed by atoms with Gasteiger partial charge in [-0.25, -0.2) is 13.1 Å². The average Bonchev–Trinajstić information content (AvgIpc) is 2.84. The van der Waals surface area contributed by atoms with Gasteiger partial charge in [0, 0.05) is 6.20 Å². The minimum Gasteiger partial charge on any atom is -0.383 e. The van der Waals surface area contributed by atoms with Gasteiger partial charge >= 0.3 is 0 Å². The van der Waals surface area contributed by atoms with Gasteiger partial charge in [0.05, 0.1) is 18.4 Å². The van der Waals surface area contributed by atoms with Crippen LogP contribution in [0.3, 0.4) is 0 Å². The zero-order chi connectivity index (χ0) is 13.9. The second kappa shape index (κ2) is 5.37. The van der Waals surface area contributed by atoms with E-state index in [0.29, 0.717) is 5.69 Å². The summed E-state index contributed by atoms with van der Waals surface area (Å²) in [5, 5.41) is 5.98. The zero-order valence-electron chi connectivity index (χ0n) is 10.4. The number of aromatic nitrogens is 3. The largest absolute Gasteiger partial charge is 0.383 e. The van der Waals surface area contributed by atoms with Crippen LogP contribution in [0.15, 0.2) is 29.4 Å². The van der Waals surface area contributed by atoms with E-state index in [9.17, 15) is 8.42 Å². The van der Waals surface area contributed by atoms with E-state index < -0.39 is 10.0 Å². The fraction of sp³-hybridized carbons (Fsp3) is 0.273. The molecule has 0 saturated carbocycles. The minimum absolute atomic E-state index is 0.0178. The van der Waals surface area contributed by atoms with Gasteiger partial charge < -0.3 is 5.73 Å². The zero-order valence-corrected chi connectivity index (χ0v) is 11.2. The van der Waals surface area contributed by atoms with Crippen LogP contribution >= 0.6 is 0 Å². The normalized spacial score (nSPS) is 11.6. The predicted molar refractivity (Wildman–Crippen MR) is 70.6 cm³/mol. The summed E-state index contributed by atoms with van der Waals surface area (Å²) < 4.78 is 26.5. The summed E-state index contributed by atoms with van der Waals surface area (Å²) in [4.78, 5) is 4.12. The highest BCUT2D eigenvalue weighted by Crippen LogP contribution is 2.14. The Hall–Kier alpha value is -1.93. The molecule has 0 aliphatic heterocycles. The van der Waals surface area contributed by atoms with E-state index in [1.807, 2.05) is 19.1 Å². The van der Waals surface area contributed by atoms with Crippen LogP contribution in [0.2, 0.25) is 0 Å². The van der Waals surface area contributed by atoms with Gasteiger partial charge in [-0.3, -0.25) is 10.1 Å². The highest BCUT2D eigenvalue weighted by molar-refractivity contribution is 7.89. The Morgan fingerprint density at radius 2 is 2.26 bits per heavy atom. The molecule has 0 radical (unpaired) electrons. The first-order valence-electron chi connectivity index (χ1n) is 5.76. The summed E-state index contributed by atoms with van der Waals surface area (Å²) in [5.41, 5.74) is 7.21. The van der Waals surface area contributed by atoms with E-state index in [2.05, 4.69) is 19.9 Å². The van der Waals surface area contributed by atoms with Crippen LogP contribution in [-0.4, -0.2) is 23.6 Å². The molecule has 0 spiro atoms. The molecule has 4 N–H and O–H groups in total. The van der Waals surface area contributed by atoms with Gasteiger partial charge in [-0.1, -0.05) is 13.0 Å². The molecule has 2 heterocycles. The fourth-order valence-electron chi connectivity index (χ4n) is 1.69. The van der Waals surface area contributed by atoms with Crippen molar-refractivity contribution in [2.75, 3.05) is 5.73 Å². The summed E-state index contributed by atoms with van der Waals surface area (Å²) in [6, 6.07) is 3.74. The maximum atomic E-state index is 12.0. The number of sulfonamides is 1. The third-order valence-corrected chi connectivity index (χ3v) is 4.15.